The zero-order valence-corrected chi connectivity index (χ0v) is 18.3. The smallest absolute Gasteiger partial charge is 0.431 e. The van der Waals surface area contributed by atoms with E-state index in [1.807, 2.05) is 0 Å². The van der Waals surface area contributed by atoms with Gasteiger partial charge >= 0.3 is 17.8 Å². The van der Waals surface area contributed by atoms with Crippen molar-refractivity contribution in [3.8, 4) is 5.69 Å². The maximum atomic E-state index is 14.6. The Kier molecular flexibility index (Phi) is 6.70. The molecule has 176 valence electrons. The average molecular weight is 509 g/mol. The van der Waals surface area contributed by atoms with E-state index in [9.17, 15) is 36.7 Å². The molecule has 2 heterocycles. The number of alkyl halides is 3. The van der Waals surface area contributed by atoms with Crippen molar-refractivity contribution in [2.45, 2.75) is 6.18 Å². The Morgan fingerprint density at radius 2 is 1.91 bits per heavy atom. The standard InChI is InChI=1S/C18H13ClF4N4O5S/c1-25-12(18(21,22)23)5-13(28)27(17(25)31)11-4-10(8(19)3-9(11)20)24-16-26(6-15(30)32-2)14(29)7-33-16/h3-5H,6-7H2,1-2H3. The van der Waals surface area contributed by atoms with Gasteiger partial charge in [-0.05, 0) is 12.1 Å². The maximum absolute atomic E-state index is 14.6. The molecule has 9 nitrogen and oxygen atoms in total. The van der Waals surface area contributed by atoms with Gasteiger partial charge in [0.15, 0.2) is 5.17 Å². The van der Waals surface area contributed by atoms with Gasteiger partial charge in [0.2, 0.25) is 5.91 Å². The average Bonchev–Trinajstić information content (AvgIpc) is 3.06. The number of carbonyl (C=O) groups is 2. The van der Waals surface area contributed by atoms with Crippen molar-refractivity contribution in [1.29, 1.82) is 0 Å². The number of halogens is 5. The first kappa shape index (κ1) is 24.5. The highest BCUT2D eigenvalue weighted by molar-refractivity contribution is 8.15. The summed E-state index contributed by atoms with van der Waals surface area (Å²) in [5.74, 6) is -2.43. The van der Waals surface area contributed by atoms with Gasteiger partial charge in [-0.15, -0.1) is 0 Å². The highest BCUT2D eigenvalue weighted by Crippen LogP contribution is 2.32. The molecule has 0 atom stereocenters. The van der Waals surface area contributed by atoms with Gasteiger partial charge in [0.1, 0.15) is 18.1 Å². The molecule has 3 rings (SSSR count). The normalized spacial score (nSPS) is 15.4. The molecule has 0 N–H and O–H groups in total. The van der Waals surface area contributed by atoms with E-state index in [4.69, 9.17) is 11.6 Å². The Morgan fingerprint density at radius 3 is 2.52 bits per heavy atom. The predicted molar refractivity (Wildman–Crippen MR) is 111 cm³/mol. The number of thioether (sulfide) groups is 1. The van der Waals surface area contributed by atoms with E-state index in [0.717, 1.165) is 36.9 Å². The lowest BCUT2D eigenvalue weighted by Gasteiger charge is -2.16. The minimum atomic E-state index is -4.99. The first-order valence-electron chi connectivity index (χ1n) is 8.83. The van der Waals surface area contributed by atoms with E-state index in [1.54, 1.807) is 0 Å². The topological polar surface area (TPSA) is 103 Å². The van der Waals surface area contributed by atoms with Crippen LogP contribution >= 0.6 is 23.4 Å². The van der Waals surface area contributed by atoms with Gasteiger partial charge in [0.05, 0.1) is 29.3 Å². The summed E-state index contributed by atoms with van der Waals surface area (Å²) >= 11 is 6.95. The number of ether oxygens (including phenoxy) is 1. The van der Waals surface area contributed by atoms with E-state index >= 15 is 0 Å². The molecule has 0 spiro atoms. The molecule has 1 aliphatic heterocycles. The van der Waals surface area contributed by atoms with Crippen molar-refractivity contribution < 1.29 is 31.9 Å². The molecular weight excluding hydrogens is 496 g/mol. The molecule has 1 fully saturated rings. The number of nitrogens with zero attached hydrogens (tertiary/aromatic N) is 4. The van der Waals surface area contributed by atoms with Crippen molar-refractivity contribution >= 4 is 46.1 Å². The van der Waals surface area contributed by atoms with Crippen LogP contribution in [0.15, 0.2) is 32.8 Å². The van der Waals surface area contributed by atoms with Crippen LogP contribution < -0.4 is 11.2 Å². The van der Waals surface area contributed by atoms with Gasteiger partial charge in [-0.3, -0.25) is 23.9 Å². The molecule has 0 bridgehead atoms. The molecule has 33 heavy (non-hydrogen) atoms. The molecule has 15 heteroatoms. The van der Waals surface area contributed by atoms with Crippen LogP contribution in [0, 0.1) is 5.82 Å². The van der Waals surface area contributed by atoms with Crippen molar-refractivity contribution in [3.05, 3.63) is 55.6 Å². The van der Waals surface area contributed by atoms with Gasteiger partial charge < -0.3 is 4.74 Å². The number of hydrogen-bond acceptors (Lipinski definition) is 7. The third-order valence-corrected chi connectivity index (χ3v) is 5.72. The summed E-state index contributed by atoms with van der Waals surface area (Å²) in [6.45, 7) is -0.453. The zero-order chi connectivity index (χ0) is 24.7. The number of hydrogen-bond donors (Lipinski definition) is 0. The number of methoxy groups -OCH3 is 1. The highest BCUT2D eigenvalue weighted by atomic mass is 35.5. The monoisotopic (exact) mass is 508 g/mol. The van der Waals surface area contributed by atoms with Crippen molar-refractivity contribution in [2.24, 2.45) is 12.0 Å². The number of rotatable bonds is 4. The van der Waals surface area contributed by atoms with Gasteiger partial charge in [-0.25, -0.2) is 18.7 Å². The summed E-state index contributed by atoms with van der Waals surface area (Å²) < 4.78 is 58.7. The highest BCUT2D eigenvalue weighted by Gasteiger charge is 2.35. The molecule has 1 aromatic carbocycles. The van der Waals surface area contributed by atoms with Crippen LogP contribution in [0.3, 0.4) is 0 Å². The number of aliphatic imine (C=N–C) groups is 1. The largest absolute Gasteiger partial charge is 0.468 e. The van der Waals surface area contributed by atoms with Crippen LogP contribution in [0.25, 0.3) is 5.69 Å². The second kappa shape index (κ2) is 9.02. The molecule has 2 aromatic rings. The predicted octanol–water partition coefficient (Wildman–Crippen LogP) is 2.08. The van der Waals surface area contributed by atoms with E-state index < -0.39 is 53.0 Å². The second-order valence-electron chi connectivity index (χ2n) is 6.54. The SMILES string of the molecule is COC(=O)CN1C(=O)CSC1=Nc1cc(-n2c(=O)cc(C(F)(F)F)n(C)c2=O)c(F)cc1Cl. The number of aromatic nitrogens is 2. The van der Waals surface area contributed by atoms with Crippen LogP contribution in [0.4, 0.5) is 23.2 Å². The molecule has 1 saturated heterocycles. The summed E-state index contributed by atoms with van der Waals surface area (Å²) in [5.41, 5.74) is -5.29. The molecule has 0 aliphatic carbocycles. The van der Waals surface area contributed by atoms with Crippen LogP contribution in [-0.2, 0) is 27.5 Å². The molecule has 0 radical (unpaired) electrons. The Bertz CT molecular complexity index is 1300. The Morgan fingerprint density at radius 1 is 1.24 bits per heavy atom. The summed E-state index contributed by atoms with van der Waals surface area (Å²) in [6, 6.07) is 1.75. The zero-order valence-electron chi connectivity index (χ0n) is 16.8. The Labute approximate surface area is 191 Å². The van der Waals surface area contributed by atoms with E-state index in [0.29, 0.717) is 6.07 Å². The minimum absolute atomic E-state index is 0.0116. The molecule has 1 aliphatic rings. The molecule has 1 aromatic heterocycles. The summed E-state index contributed by atoms with van der Waals surface area (Å²) in [4.78, 5) is 53.5. The first-order chi connectivity index (χ1) is 15.3. The molecule has 0 saturated carbocycles. The quantitative estimate of drug-likeness (QED) is 0.463. The van der Waals surface area contributed by atoms with Gasteiger partial charge in [-0.2, -0.15) is 13.2 Å². The number of amidine groups is 1. The number of amides is 1. The molecular formula is C18H13ClF4N4O5S. The molecule has 1 amide bonds. The Balaban J connectivity index is 2.16. The number of benzene rings is 1. The van der Waals surface area contributed by atoms with Crippen LogP contribution in [0.1, 0.15) is 5.69 Å². The fourth-order valence-electron chi connectivity index (χ4n) is 2.84. The number of carbonyl (C=O) groups excluding carboxylic acids is 2. The van der Waals surface area contributed by atoms with Gasteiger partial charge in [-0.1, -0.05) is 23.4 Å². The van der Waals surface area contributed by atoms with Crippen molar-refractivity contribution in [2.75, 3.05) is 19.4 Å². The number of esters is 1. The first-order valence-corrected chi connectivity index (χ1v) is 10.2. The van der Waals surface area contributed by atoms with Crippen molar-refractivity contribution in [1.82, 2.24) is 14.0 Å². The summed E-state index contributed by atoms with van der Waals surface area (Å²) in [7, 11) is 1.90. The van der Waals surface area contributed by atoms with Gasteiger partial charge in [0.25, 0.3) is 5.56 Å². The van der Waals surface area contributed by atoms with E-state index in [-0.39, 0.29) is 36.8 Å². The van der Waals surface area contributed by atoms with Crippen molar-refractivity contribution in [3.63, 3.8) is 0 Å². The second-order valence-corrected chi connectivity index (χ2v) is 7.89. The lowest BCUT2D eigenvalue weighted by Crippen LogP contribution is -2.41. The summed E-state index contributed by atoms with van der Waals surface area (Å²) in [6.07, 6.45) is -4.99. The Hall–Kier alpha value is -3.13. The lowest BCUT2D eigenvalue weighted by atomic mass is 10.2. The van der Waals surface area contributed by atoms with E-state index in [2.05, 4.69) is 9.73 Å². The van der Waals surface area contributed by atoms with Crippen LogP contribution in [-0.4, -0.2) is 50.5 Å². The van der Waals surface area contributed by atoms with E-state index in [1.165, 1.54) is 0 Å². The third-order valence-electron chi connectivity index (χ3n) is 4.46. The third kappa shape index (κ3) is 4.80. The van der Waals surface area contributed by atoms with Crippen LogP contribution in [0.2, 0.25) is 5.02 Å². The van der Waals surface area contributed by atoms with Crippen LogP contribution in [0.5, 0.6) is 0 Å². The fraction of sp³-hybridized carbons (Fsp3) is 0.278. The van der Waals surface area contributed by atoms with Gasteiger partial charge in [0, 0.05) is 13.1 Å². The fourth-order valence-corrected chi connectivity index (χ4v) is 3.92. The molecule has 0 unspecified atom stereocenters. The lowest BCUT2D eigenvalue weighted by molar-refractivity contribution is -0.144. The minimum Gasteiger partial charge on any atom is -0.468 e. The maximum Gasteiger partial charge on any atom is 0.431 e. The summed E-state index contributed by atoms with van der Waals surface area (Å²) in [5, 5.41) is -0.268.